The second-order valence-corrected chi connectivity index (χ2v) is 7.66. The van der Waals surface area contributed by atoms with E-state index in [1.165, 1.54) is 38.5 Å². The van der Waals surface area contributed by atoms with Crippen molar-refractivity contribution in [3.63, 3.8) is 0 Å². The molecule has 0 aromatic carbocycles. The van der Waals surface area contributed by atoms with Crippen molar-refractivity contribution >= 4 is 5.91 Å². The summed E-state index contributed by atoms with van der Waals surface area (Å²) in [6.07, 6.45) is 8.44. The van der Waals surface area contributed by atoms with Crippen LogP contribution in [0, 0.1) is 5.92 Å². The summed E-state index contributed by atoms with van der Waals surface area (Å²) < 4.78 is 0. The summed E-state index contributed by atoms with van der Waals surface area (Å²) in [6.45, 7) is 6.57. The average Bonchev–Trinajstić information content (AvgIpc) is 3.22. The van der Waals surface area contributed by atoms with Gasteiger partial charge in [0, 0.05) is 18.1 Å². The highest BCUT2D eigenvalue weighted by Gasteiger charge is 2.39. The number of nitrogens with two attached hydrogens (primary N) is 1. The zero-order valence-electron chi connectivity index (χ0n) is 14.2. The van der Waals surface area contributed by atoms with E-state index in [-0.39, 0.29) is 5.91 Å². The van der Waals surface area contributed by atoms with Crippen LogP contribution in [0.4, 0.5) is 0 Å². The molecule has 1 amide bonds. The molecule has 0 aromatic rings. The molecule has 4 unspecified atom stereocenters. The Labute approximate surface area is 129 Å². The molecule has 2 aliphatic carbocycles. The standard InChI is InChI=1S/C17H33N3O/c1-12-7-5-6-8-15(12)20(4)13(2)11-17(3,16(18)21)19-14-9-10-14/h12-15,19H,5-11H2,1-4H3,(H2,18,21). The van der Waals surface area contributed by atoms with Gasteiger partial charge in [-0.05, 0) is 58.9 Å². The Morgan fingerprint density at radius 3 is 2.48 bits per heavy atom. The maximum Gasteiger partial charge on any atom is 0.237 e. The normalized spacial score (nSPS) is 30.9. The molecule has 3 N–H and O–H groups in total. The van der Waals surface area contributed by atoms with Gasteiger partial charge in [0.05, 0.1) is 5.54 Å². The molecule has 4 atom stereocenters. The molecule has 0 heterocycles. The van der Waals surface area contributed by atoms with Gasteiger partial charge in [-0.25, -0.2) is 0 Å². The molecule has 0 aromatic heterocycles. The summed E-state index contributed by atoms with van der Waals surface area (Å²) in [7, 11) is 2.22. The van der Waals surface area contributed by atoms with Crippen LogP contribution in [-0.4, -0.2) is 41.5 Å². The number of nitrogens with one attached hydrogen (secondary N) is 1. The lowest BCUT2D eigenvalue weighted by molar-refractivity contribution is -0.124. The molecule has 4 heteroatoms. The molecule has 2 aliphatic rings. The van der Waals surface area contributed by atoms with Crippen LogP contribution in [0.5, 0.6) is 0 Å². The number of amides is 1. The van der Waals surface area contributed by atoms with E-state index in [0.29, 0.717) is 18.1 Å². The fourth-order valence-corrected chi connectivity index (χ4v) is 3.87. The van der Waals surface area contributed by atoms with Crippen LogP contribution in [0.3, 0.4) is 0 Å². The third-order valence-electron chi connectivity index (χ3n) is 5.63. The van der Waals surface area contributed by atoms with E-state index in [0.717, 1.165) is 12.3 Å². The SMILES string of the molecule is CC1CCCCC1N(C)C(C)CC(C)(NC1CC1)C(N)=O. The minimum atomic E-state index is -0.577. The highest BCUT2D eigenvalue weighted by atomic mass is 16.1. The van der Waals surface area contributed by atoms with E-state index in [2.05, 4.69) is 31.1 Å². The van der Waals surface area contributed by atoms with Crippen LogP contribution >= 0.6 is 0 Å². The summed E-state index contributed by atoms with van der Waals surface area (Å²) in [4.78, 5) is 14.4. The molecule has 2 fully saturated rings. The molecule has 0 spiro atoms. The van der Waals surface area contributed by atoms with Gasteiger partial charge < -0.3 is 16.0 Å². The first-order valence-electron chi connectivity index (χ1n) is 8.63. The van der Waals surface area contributed by atoms with Crippen LogP contribution in [0.25, 0.3) is 0 Å². The van der Waals surface area contributed by atoms with Crippen molar-refractivity contribution in [3.05, 3.63) is 0 Å². The van der Waals surface area contributed by atoms with Gasteiger partial charge in [-0.1, -0.05) is 19.8 Å². The largest absolute Gasteiger partial charge is 0.368 e. The third-order valence-corrected chi connectivity index (χ3v) is 5.63. The van der Waals surface area contributed by atoms with Crippen LogP contribution in [0.1, 0.15) is 65.7 Å². The van der Waals surface area contributed by atoms with Gasteiger partial charge >= 0.3 is 0 Å². The maximum atomic E-state index is 11.9. The zero-order valence-corrected chi connectivity index (χ0v) is 14.2. The Morgan fingerprint density at radius 2 is 1.95 bits per heavy atom. The van der Waals surface area contributed by atoms with E-state index in [1.54, 1.807) is 0 Å². The van der Waals surface area contributed by atoms with E-state index in [1.807, 2.05) is 6.92 Å². The molecule has 2 rings (SSSR count). The van der Waals surface area contributed by atoms with Gasteiger partial charge in [-0.3, -0.25) is 4.79 Å². The predicted molar refractivity (Wildman–Crippen MR) is 87.0 cm³/mol. The van der Waals surface area contributed by atoms with E-state index < -0.39 is 5.54 Å². The second kappa shape index (κ2) is 6.66. The molecule has 122 valence electrons. The van der Waals surface area contributed by atoms with Crippen molar-refractivity contribution in [3.8, 4) is 0 Å². The Balaban J connectivity index is 1.96. The molecule has 0 aliphatic heterocycles. The van der Waals surface area contributed by atoms with Gasteiger partial charge in [0.1, 0.15) is 0 Å². The number of hydrogen-bond donors (Lipinski definition) is 2. The minimum absolute atomic E-state index is 0.216. The van der Waals surface area contributed by atoms with E-state index in [9.17, 15) is 4.79 Å². The molecule has 0 saturated heterocycles. The summed E-state index contributed by atoms with van der Waals surface area (Å²) in [6, 6.07) is 1.50. The van der Waals surface area contributed by atoms with Crippen LogP contribution < -0.4 is 11.1 Å². The molecule has 21 heavy (non-hydrogen) atoms. The fourth-order valence-electron chi connectivity index (χ4n) is 3.87. The van der Waals surface area contributed by atoms with Crippen molar-refractivity contribution in [2.24, 2.45) is 11.7 Å². The topological polar surface area (TPSA) is 58.4 Å². The summed E-state index contributed by atoms with van der Waals surface area (Å²) >= 11 is 0. The lowest BCUT2D eigenvalue weighted by atomic mass is 9.83. The third kappa shape index (κ3) is 4.19. The van der Waals surface area contributed by atoms with Crippen molar-refractivity contribution in [1.29, 1.82) is 0 Å². The first-order chi connectivity index (χ1) is 9.83. The fraction of sp³-hybridized carbons (Fsp3) is 0.941. The second-order valence-electron chi connectivity index (χ2n) is 7.66. The Bertz CT molecular complexity index is 369. The molecular weight excluding hydrogens is 262 g/mol. The summed E-state index contributed by atoms with van der Waals surface area (Å²) in [5.41, 5.74) is 5.10. The Kier molecular flexibility index (Phi) is 5.31. The molecule has 0 bridgehead atoms. The Hall–Kier alpha value is -0.610. The summed E-state index contributed by atoms with van der Waals surface area (Å²) in [5, 5.41) is 3.47. The number of nitrogens with zero attached hydrogens (tertiary/aromatic N) is 1. The highest BCUT2D eigenvalue weighted by Crippen LogP contribution is 2.31. The smallest absolute Gasteiger partial charge is 0.237 e. The zero-order chi connectivity index (χ0) is 15.6. The number of carbonyl (C=O) groups is 1. The molecule has 0 radical (unpaired) electrons. The molecular formula is C17H33N3O. The number of rotatable bonds is 7. The van der Waals surface area contributed by atoms with Gasteiger partial charge in [-0.15, -0.1) is 0 Å². The van der Waals surface area contributed by atoms with Crippen molar-refractivity contribution < 1.29 is 4.79 Å². The van der Waals surface area contributed by atoms with E-state index >= 15 is 0 Å². The number of primary amides is 1. The number of hydrogen-bond acceptors (Lipinski definition) is 3. The van der Waals surface area contributed by atoms with Crippen molar-refractivity contribution in [2.75, 3.05) is 7.05 Å². The maximum absolute atomic E-state index is 11.9. The predicted octanol–water partition coefficient (Wildman–Crippen LogP) is 2.27. The van der Waals surface area contributed by atoms with Gasteiger partial charge in [0.15, 0.2) is 0 Å². The van der Waals surface area contributed by atoms with Crippen LogP contribution in [0.2, 0.25) is 0 Å². The van der Waals surface area contributed by atoms with Gasteiger partial charge in [0.2, 0.25) is 5.91 Å². The summed E-state index contributed by atoms with van der Waals surface area (Å²) in [5.74, 6) is 0.536. The first-order valence-corrected chi connectivity index (χ1v) is 8.63. The van der Waals surface area contributed by atoms with Crippen molar-refractivity contribution in [2.45, 2.75) is 89.4 Å². The highest BCUT2D eigenvalue weighted by molar-refractivity contribution is 5.84. The van der Waals surface area contributed by atoms with E-state index in [4.69, 9.17) is 5.73 Å². The van der Waals surface area contributed by atoms with Crippen LogP contribution in [-0.2, 0) is 4.79 Å². The quantitative estimate of drug-likeness (QED) is 0.757. The molecule has 4 nitrogen and oxygen atoms in total. The monoisotopic (exact) mass is 295 g/mol. The lowest BCUT2D eigenvalue weighted by Crippen LogP contribution is -2.57. The minimum Gasteiger partial charge on any atom is -0.368 e. The number of carbonyl (C=O) groups excluding carboxylic acids is 1. The Morgan fingerprint density at radius 1 is 1.33 bits per heavy atom. The van der Waals surface area contributed by atoms with Gasteiger partial charge in [0.25, 0.3) is 0 Å². The average molecular weight is 295 g/mol. The van der Waals surface area contributed by atoms with Crippen LogP contribution in [0.15, 0.2) is 0 Å². The van der Waals surface area contributed by atoms with Gasteiger partial charge in [-0.2, -0.15) is 0 Å². The lowest BCUT2D eigenvalue weighted by Gasteiger charge is -2.42. The van der Waals surface area contributed by atoms with Crippen molar-refractivity contribution in [1.82, 2.24) is 10.2 Å². The molecule has 2 saturated carbocycles. The first kappa shape index (κ1) is 16.8.